The number of aliphatic hydroxyl groups is 1. The lowest BCUT2D eigenvalue weighted by molar-refractivity contribution is -0.150. The fraction of sp³-hybridized carbons (Fsp3) is 0.647. The summed E-state index contributed by atoms with van der Waals surface area (Å²) in [4.78, 5) is 49.9. The van der Waals surface area contributed by atoms with Gasteiger partial charge in [0.25, 0.3) is 11.5 Å². The van der Waals surface area contributed by atoms with E-state index in [1.54, 1.807) is 0 Å². The molecule has 11 nitrogen and oxygen atoms in total. The molecule has 3 rings (SSSR count). The highest BCUT2D eigenvalue weighted by Gasteiger charge is 2.38. The molecule has 0 bridgehead atoms. The number of ether oxygens (including phenoxy) is 3. The van der Waals surface area contributed by atoms with Crippen LogP contribution in [0.1, 0.15) is 42.8 Å². The van der Waals surface area contributed by atoms with Crippen LogP contribution in [0.15, 0.2) is 15.8 Å². The molecule has 11 heteroatoms. The van der Waals surface area contributed by atoms with Gasteiger partial charge >= 0.3 is 11.7 Å². The van der Waals surface area contributed by atoms with Crippen LogP contribution in [-0.2, 0) is 19.0 Å². The second-order valence-electron chi connectivity index (χ2n) is 6.75. The molecule has 0 radical (unpaired) electrons. The number of rotatable bonds is 6. The minimum Gasteiger partial charge on any atom is -0.460 e. The first-order chi connectivity index (χ1) is 13.4. The molecule has 0 spiro atoms. The highest BCUT2D eigenvalue weighted by molar-refractivity contribution is 5.93. The largest absolute Gasteiger partial charge is 0.460 e. The van der Waals surface area contributed by atoms with Crippen LogP contribution < -0.4 is 16.6 Å². The Balaban J connectivity index is 1.77. The number of carbonyl (C=O) groups excluding carboxylic acids is 2. The van der Waals surface area contributed by atoms with Crippen molar-refractivity contribution in [1.82, 2.24) is 14.9 Å². The van der Waals surface area contributed by atoms with Crippen LogP contribution in [0.2, 0.25) is 0 Å². The number of nitrogens with one attached hydrogen (secondary N) is 2. The first-order valence-corrected chi connectivity index (χ1v) is 9.08. The number of aromatic amines is 1. The molecule has 4 atom stereocenters. The van der Waals surface area contributed by atoms with Gasteiger partial charge in [-0.05, 0) is 12.8 Å². The molecule has 0 aromatic carbocycles. The Labute approximate surface area is 159 Å². The van der Waals surface area contributed by atoms with Gasteiger partial charge in [0, 0.05) is 32.7 Å². The van der Waals surface area contributed by atoms with Crippen LogP contribution in [0.3, 0.4) is 0 Å². The van der Waals surface area contributed by atoms with E-state index in [1.807, 2.05) is 0 Å². The van der Waals surface area contributed by atoms with Crippen molar-refractivity contribution in [1.29, 1.82) is 0 Å². The third-order valence-corrected chi connectivity index (χ3v) is 4.71. The summed E-state index contributed by atoms with van der Waals surface area (Å²) in [5.41, 5.74) is -1.84. The van der Waals surface area contributed by atoms with Gasteiger partial charge in [-0.3, -0.25) is 23.9 Å². The minimum atomic E-state index is -0.907. The van der Waals surface area contributed by atoms with E-state index in [9.17, 15) is 24.3 Å². The SMILES string of the molecule is CC(=O)O[C@@H]1C[C@H](n2cc(C(=O)NC[C@@H]3CCCO3)c(=O)[nH]c2=O)OC1CO. The molecule has 154 valence electrons. The number of amides is 1. The maximum atomic E-state index is 12.4. The van der Waals surface area contributed by atoms with Crippen LogP contribution >= 0.6 is 0 Å². The standard InChI is InChI=1S/C17H23N3O8/c1-9(22)27-12-5-14(28-13(12)8-21)20-7-11(16(24)19-17(20)25)15(23)18-6-10-3-2-4-26-10/h7,10,12-14,21H,2-6,8H2,1H3,(H,18,23)(H,19,24,25)/t10-,12+,13?,14+/m0/s1. The predicted octanol–water partition coefficient (Wildman–Crippen LogP) is -1.34. The lowest BCUT2D eigenvalue weighted by Crippen LogP contribution is -2.40. The average Bonchev–Trinajstić information content (AvgIpc) is 3.29. The number of aliphatic hydroxyl groups excluding tert-OH is 1. The number of nitrogens with zero attached hydrogens (tertiary/aromatic N) is 1. The zero-order chi connectivity index (χ0) is 20.3. The molecule has 1 aromatic rings. The summed E-state index contributed by atoms with van der Waals surface area (Å²) < 4.78 is 17.1. The fourth-order valence-electron chi connectivity index (χ4n) is 3.34. The van der Waals surface area contributed by atoms with Crippen molar-refractivity contribution < 1.29 is 28.9 Å². The monoisotopic (exact) mass is 397 g/mol. The Kier molecular flexibility index (Phi) is 6.27. The van der Waals surface area contributed by atoms with E-state index in [-0.39, 0.29) is 24.6 Å². The fourth-order valence-corrected chi connectivity index (χ4v) is 3.34. The normalized spacial score (nSPS) is 26.9. The molecule has 0 saturated carbocycles. The van der Waals surface area contributed by atoms with Crippen molar-refractivity contribution >= 4 is 11.9 Å². The van der Waals surface area contributed by atoms with Crippen LogP contribution in [0.25, 0.3) is 0 Å². The van der Waals surface area contributed by atoms with E-state index in [1.165, 1.54) is 6.92 Å². The first kappa shape index (κ1) is 20.2. The van der Waals surface area contributed by atoms with Gasteiger partial charge in [0.05, 0.1) is 12.7 Å². The Hall–Kier alpha value is -2.50. The number of H-pyrrole nitrogens is 1. The predicted molar refractivity (Wildman–Crippen MR) is 93.8 cm³/mol. The summed E-state index contributed by atoms with van der Waals surface area (Å²) in [6.45, 7) is 1.71. The summed E-state index contributed by atoms with van der Waals surface area (Å²) in [5, 5.41) is 12.0. The quantitative estimate of drug-likeness (QED) is 0.499. The average molecular weight is 397 g/mol. The molecule has 2 saturated heterocycles. The summed E-state index contributed by atoms with van der Waals surface area (Å²) in [7, 11) is 0. The van der Waals surface area contributed by atoms with Gasteiger partial charge in [-0.1, -0.05) is 0 Å². The highest BCUT2D eigenvalue weighted by Crippen LogP contribution is 2.29. The number of esters is 1. The molecule has 3 heterocycles. The second kappa shape index (κ2) is 8.67. The Bertz CT molecular complexity index is 842. The van der Waals surface area contributed by atoms with Gasteiger partial charge in [0.2, 0.25) is 0 Å². The van der Waals surface area contributed by atoms with Crippen LogP contribution in [0.4, 0.5) is 0 Å². The number of hydrogen-bond acceptors (Lipinski definition) is 8. The van der Waals surface area contributed by atoms with Gasteiger partial charge in [0.15, 0.2) is 0 Å². The van der Waals surface area contributed by atoms with Gasteiger partial charge in [-0.15, -0.1) is 0 Å². The molecular formula is C17H23N3O8. The molecule has 1 amide bonds. The zero-order valence-electron chi connectivity index (χ0n) is 15.4. The van der Waals surface area contributed by atoms with E-state index in [4.69, 9.17) is 14.2 Å². The van der Waals surface area contributed by atoms with Gasteiger partial charge in [-0.25, -0.2) is 4.79 Å². The molecule has 28 heavy (non-hydrogen) atoms. The molecule has 0 aliphatic carbocycles. The molecule has 3 N–H and O–H groups in total. The second-order valence-corrected chi connectivity index (χ2v) is 6.75. The summed E-state index contributed by atoms with van der Waals surface area (Å²) >= 11 is 0. The smallest absolute Gasteiger partial charge is 0.330 e. The third-order valence-electron chi connectivity index (χ3n) is 4.71. The molecule has 1 unspecified atom stereocenters. The van der Waals surface area contributed by atoms with E-state index >= 15 is 0 Å². The number of aromatic nitrogens is 2. The van der Waals surface area contributed by atoms with Crippen molar-refractivity contribution in [2.24, 2.45) is 0 Å². The number of hydrogen-bond donors (Lipinski definition) is 3. The minimum absolute atomic E-state index is 0.0910. The highest BCUT2D eigenvalue weighted by atomic mass is 16.6. The van der Waals surface area contributed by atoms with Crippen LogP contribution in [0.5, 0.6) is 0 Å². The van der Waals surface area contributed by atoms with E-state index in [0.717, 1.165) is 23.6 Å². The first-order valence-electron chi connectivity index (χ1n) is 9.08. The lowest BCUT2D eigenvalue weighted by Gasteiger charge is -2.16. The summed E-state index contributed by atoms with van der Waals surface area (Å²) in [6.07, 6.45) is 0.381. The van der Waals surface area contributed by atoms with Crippen LogP contribution in [-0.4, -0.2) is 64.6 Å². The van der Waals surface area contributed by atoms with Gasteiger partial charge in [0.1, 0.15) is 24.0 Å². The maximum absolute atomic E-state index is 12.4. The van der Waals surface area contributed by atoms with Crippen molar-refractivity contribution in [2.45, 2.75) is 50.7 Å². The summed E-state index contributed by atoms with van der Waals surface area (Å²) in [5.74, 6) is -1.19. The van der Waals surface area contributed by atoms with Crippen molar-refractivity contribution in [3.8, 4) is 0 Å². The molecule has 1 aromatic heterocycles. The van der Waals surface area contributed by atoms with E-state index in [2.05, 4.69) is 10.3 Å². The zero-order valence-corrected chi connectivity index (χ0v) is 15.4. The molecule has 2 aliphatic heterocycles. The van der Waals surface area contributed by atoms with Crippen molar-refractivity contribution in [3.63, 3.8) is 0 Å². The van der Waals surface area contributed by atoms with Crippen molar-refractivity contribution in [3.05, 3.63) is 32.6 Å². The summed E-state index contributed by atoms with van der Waals surface area (Å²) in [6, 6.07) is 0. The van der Waals surface area contributed by atoms with Gasteiger partial charge < -0.3 is 24.6 Å². The molecule has 2 aliphatic rings. The third kappa shape index (κ3) is 4.49. The van der Waals surface area contributed by atoms with Crippen molar-refractivity contribution in [2.75, 3.05) is 19.8 Å². The lowest BCUT2D eigenvalue weighted by atomic mass is 10.2. The Morgan fingerprint density at radius 1 is 1.43 bits per heavy atom. The number of carbonyl (C=O) groups is 2. The Morgan fingerprint density at radius 2 is 2.21 bits per heavy atom. The van der Waals surface area contributed by atoms with Crippen LogP contribution in [0, 0.1) is 0 Å². The topological polar surface area (TPSA) is 149 Å². The maximum Gasteiger partial charge on any atom is 0.330 e. The van der Waals surface area contributed by atoms with E-state index in [0.29, 0.717) is 6.61 Å². The van der Waals surface area contributed by atoms with E-state index < -0.39 is 48.2 Å². The Morgan fingerprint density at radius 3 is 2.86 bits per heavy atom. The molecular weight excluding hydrogens is 374 g/mol. The van der Waals surface area contributed by atoms with Gasteiger partial charge in [-0.2, -0.15) is 0 Å². The molecule has 2 fully saturated rings.